The SMILES string of the molecule is CC(C=O)(c1cccc(N)c1)C(F)(F)F. The molecule has 0 fully saturated rings. The third-order valence-electron chi connectivity index (χ3n) is 2.31. The number of anilines is 1. The average Bonchev–Trinajstić information content (AvgIpc) is 2.14. The number of nitrogen functional groups attached to an aromatic ring is 1. The van der Waals surface area contributed by atoms with Gasteiger partial charge in [-0.25, -0.2) is 0 Å². The first-order chi connectivity index (χ1) is 6.81. The van der Waals surface area contributed by atoms with Gasteiger partial charge in [-0.3, -0.25) is 0 Å². The van der Waals surface area contributed by atoms with Crippen LogP contribution in [0.15, 0.2) is 24.3 Å². The summed E-state index contributed by atoms with van der Waals surface area (Å²) < 4.78 is 38.0. The molecule has 0 radical (unpaired) electrons. The largest absolute Gasteiger partial charge is 0.404 e. The van der Waals surface area contributed by atoms with Gasteiger partial charge in [0.25, 0.3) is 0 Å². The van der Waals surface area contributed by atoms with Crippen molar-refractivity contribution in [1.29, 1.82) is 0 Å². The summed E-state index contributed by atoms with van der Waals surface area (Å²) in [5.74, 6) is 0. The molecule has 0 saturated heterocycles. The van der Waals surface area contributed by atoms with Crippen LogP contribution in [0.3, 0.4) is 0 Å². The van der Waals surface area contributed by atoms with Crippen molar-refractivity contribution in [3.63, 3.8) is 0 Å². The maximum absolute atomic E-state index is 12.7. The number of halogens is 3. The van der Waals surface area contributed by atoms with Crippen molar-refractivity contribution in [2.75, 3.05) is 5.73 Å². The fraction of sp³-hybridized carbons (Fsp3) is 0.300. The molecule has 0 heterocycles. The van der Waals surface area contributed by atoms with E-state index in [0.717, 1.165) is 13.0 Å². The van der Waals surface area contributed by atoms with Crippen molar-refractivity contribution >= 4 is 12.0 Å². The van der Waals surface area contributed by atoms with E-state index in [1.54, 1.807) is 0 Å². The van der Waals surface area contributed by atoms with Gasteiger partial charge < -0.3 is 10.5 Å². The quantitative estimate of drug-likeness (QED) is 0.610. The number of carbonyl (C=O) groups excluding carboxylic acids is 1. The molecule has 0 saturated carbocycles. The Labute approximate surface area is 84.9 Å². The van der Waals surface area contributed by atoms with E-state index in [0.29, 0.717) is 0 Å². The van der Waals surface area contributed by atoms with Crippen molar-refractivity contribution in [2.24, 2.45) is 0 Å². The van der Waals surface area contributed by atoms with E-state index in [-0.39, 0.29) is 17.5 Å². The average molecular weight is 217 g/mol. The molecule has 15 heavy (non-hydrogen) atoms. The highest BCUT2D eigenvalue weighted by atomic mass is 19.4. The standard InChI is InChI=1S/C10H10F3NO/c1-9(6-15,10(11,12)13)7-3-2-4-8(14)5-7/h2-6H,14H2,1H3. The van der Waals surface area contributed by atoms with Gasteiger partial charge in [-0.2, -0.15) is 13.2 Å². The number of nitrogens with two attached hydrogens (primary N) is 1. The normalized spacial score (nSPS) is 15.7. The minimum absolute atomic E-state index is 0.109. The maximum Gasteiger partial charge on any atom is 0.404 e. The topological polar surface area (TPSA) is 43.1 Å². The number of alkyl halides is 3. The van der Waals surface area contributed by atoms with E-state index in [1.807, 2.05) is 0 Å². The van der Waals surface area contributed by atoms with Crippen LogP contribution >= 0.6 is 0 Å². The lowest BCUT2D eigenvalue weighted by Crippen LogP contribution is -2.41. The van der Waals surface area contributed by atoms with Gasteiger partial charge in [-0.1, -0.05) is 12.1 Å². The fourth-order valence-corrected chi connectivity index (χ4v) is 1.16. The molecule has 0 amide bonds. The molecule has 1 unspecified atom stereocenters. The monoisotopic (exact) mass is 217 g/mol. The van der Waals surface area contributed by atoms with Gasteiger partial charge in [-0.15, -0.1) is 0 Å². The first kappa shape index (κ1) is 11.6. The molecule has 0 aliphatic rings. The molecule has 0 aliphatic carbocycles. The van der Waals surface area contributed by atoms with E-state index in [2.05, 4.69) is 0 Å². The highest BCUT2D eigenvalue weighted by molar-refractivity contribution is 5.70. The summed E-state index contributed by atoms with van der Waals surface area (Å²) in [5.41, 5.74) is 2.92. The summed E-state index contributed by atoms with van der Waals surface area (Å²) in [6.07, 6.45) is -4.73. The second-order valence-corrected chi connectivity index (χ2v) is 3.44. The van der Waals surface area contributed by atoms with Crippen molar-refractivity contribution in [1.82, 2.24) is 0 Å². The maximum atomic E-state index is 12.7. The van der Waals surface area contributed by atoms with Gasteiger partial charge in [0.05, 0.1) is 0 Å². The van der Waals surface area contributed by atoms with Crippen LogP contribution in [0, 0.1) is 0 Å². The van der Waals surface area contributed by atoms with Gasteiger partial charge in [0.1, 0.15) is 11.7 Å². The van der Waals surface area contributed by atoms with E-state index in [9.17, 15) is 18.0 Å². The van der Waals surface area contributed by atoms with Crippen LogP contribution in [0.25, 0.3) is 0 Å². The Morgan fingerprint density at radius 2 is 1.93 bits per heavy atom. The van der Waals surface area contributed by atoms with Crippen LogP contribution in [-0.2, 0) is 10.2 Å². The molecular formula is C10H10F3NO. The van der Waals surface area contributed by atoms with Crippen LogP contribution in [0.2, 0.25) is 0 Å². The summed E-state index contributed by atoms with van der Waals surface area (Å²) in [4.78, 5) is 10.6. The van der Waals surface area contributed by atoms with Crippen LogP contribution in [-0.4, -0.2) is 12.5 Å². The predicted molar refractivity (Wildman–Crippen MR) is 50.3 cm³/mol. The molecule has 1 aromatic rings. The first-order valence-electron chi connectivity index (χ1n) is 4.20. The van der Waals surface area contributed by atoms with Crippen LogP contribution in [0.4, 0.5) is 18.9 Å². The number of carbonyl (C=O) groups is 1. The Bertz CT molecular complexity index is 375. The number of hydrogen-bond donors (Lipinski definition) is 1. The predicted octanol–water partition coefficient (Wildman–Crippen LogP) is 2.29. The molecular weight excluding hydrogens is 207 g/mol. The van der Waals surface area contributed by atoms with Crippen LogP contribution in [0.5, 0.6) is 0 Å². The summed E-state index contributed by atoms with van der Waals surface area (Å²) in [7, 11) is 0. The minimum Gasteiger partial charge on any atom is -0.399 e. The zero-order valence-electron chi connectivity index (χ0n) is 8.01. The van der Waals surface area contributed by atoms with Crippen molar-refractivity contribution in [2.45, 2.75) is 18.5 Å². The zero-order chi connectivity index (χ0) is 11.7. The lowest BCUT2D eigenvalue weighted by atomic mass is 9.83. The summed E-state index contributed by atoms with van der Waals surface area (Å²) in [6.45, 7) is 0.828. The lowest BCUT2D eigenvalue weighted by Gasteiger charge is -2.26. The third kappa shape index (κ3) is 1.95. The number of aldehydes is 1. The van der Waals surface area contributed by atoms with E-state index >= 15 is 0 Å². The van der Waals surface area contributed by atoms with E-state index < -0.39 is 11.6 Å². The molecule has 1 aromatic carbocycles. The van der Waals surface area contributed by atoms with E-state index in [4.69, 9.17) is 5.73 Å². The molecule has 2 N–H and O–H groups in total. The lowest BCUT2D eigenvalue weighted by molar-refractivity contribution is -0.183. The number of rotatable bonds is 2. The summed E-state index contributed by atoms with van der Waals surface area (Å²) in [6, 6.07) is 5.24. The number of hydrogen-bond acceptors (Lipinski definition) is 2. The Hall–Kier alpha value is -1.52. The van der Waals surface area contributed by atoms with Crippen molar-refractivity contribution in [3.8, 4) is 0 Å². The summed E-state index contributed by atoms with van der Waals surface area (Å²) >= 11 is 0. The molecule has 0 bridgehead atoms. The van der Waals surface area contributed by atoms with Gasteiger partial charge in [0, 0.05) is 5.69 Å². The Kier molecular flexibility index (Phi) is 2.75. The second kappa shape index (κ2) is 3.56. The minimum atomic E-state index is -4.62. The third-order valence-corrected chi connectivity index (χ3v) is 2.31. The van der Waals surface area contributed by atoms with Crippen LogP contribution in [0.1, 0.15) is 12.5 Å². The first-order valence-corrected chi connectivity index (χ1v) is 4.20. The zero-order valence-corrected chi connectivity index (χ0v) is 8.01. The van der Waals surface area contributed by atoms with Crippen LogP contribution < -0.4 is 5.73 Å². The molecule has 82 valence electrons. The smallest absolute Gasteiger partial charge is 0.399 e. The number of benzene rings is 1. The molecule has 0 aromatic heterocycles. The fourth-order valence-electron chi connectivity index (χ4n) is 1.16. The molecule has 1 atom stereocenters. The van der Waals surface area contributed by atoms with Crippen molar-refractivity contribution < 1.29 is 18.0 Å². The van der Waals surface area contributed by atoms with Gasteiger partial charge in [0.15, 0.2) is 0 Å². The molecule has 0 spiro atoms. The van der Waals surface area contributed by atoms with Gasteiger partial charge in [0.2, 0.25) is 0 Å². The Morgan fingerprint density at radius 3 is 2.33 bits per heavy atom. The molecule has 5 heteroatoms. The molecule has 0 aliphatic heterocycles. The molecule has 1 rings (SSSR count). The van der Waals surface area contributed by atoms with Crippen molar-refractivity contribution in [3.05, 3.63) is 29.8 Å². The van der Waals surface area contributed by atoms with E-state index in [1.165, 1.54) is 18.2 Å². The highest BCUT2D eigenvalue weighted by Crippen LogP contribution is 2.39. The van der Waals surface area contributed by atoms with Gasteiger partial charge in [-0.05, 0) is 24.6 Å². The second-order valence-electron chi connectivity index (χ2n) is 3.44. The summed E-state index contributed by atoms with van der Waals surface area (Å²) in [5, 5.41) is 0. The van der Waals surface area contributed by atoms with Gasteiger partial charge >= 0.3 is 6.18 Å². The molecule has 2 nitrogen and oxygen atoms in total. The Balaban J connectivity index is 3.30. The highest BCUT2D eigenvalue weighted by Gasteiger charge is 2.52. The Morgan fingerprint density at radius 1 is 1.33 bits per heavy atom.